The van der Waals surface area contributed by atoms with Crippen molar-refractivity contribution in [3.63, 3.8) is 0 Å². The molecule has 1 atom stereocenters. The van der Waals surface area contributed by atoms with Crippen LogP contribution in [-0.4, -0.2) is 24.6 Å². The maximum atomic E-state index is 3.87. The molecule has 0 aromatic heterocycles. The third-order valence-corrected chi connectivity index (χ3v) is 5.88. The van der Waals surface area contributed by atoms with Gasteiger partial charge in [-0.2, -0.15) is 11.8 Å². The monoisotopic (exact) mass is 269 g/mol. The first kappa shape index (κ1) is 14.7. The Balaban J connectivity index is 1.51. The summed E-state index contributed by atoms with van der Waals surface area (Å²) in [6, 6.07) is 0.879. The third kappa shape index (κ3) is 3.90. The summed E-state index contributed by atoms with van der Waals surface area (Å²) in [7, 11) is 0. The molecular weight excluding hydrogens is 238 g/mol. The lowest BCUT2D eigenvalue weighted by atomic mass is 9.57. The Hall–Kier alpha value is 0.310. The lowest BCUT2D eigenvalue weighted by molar-refractivity contribution is 0.0232. The first-order chi connectivity index (χ1) is 8.87. The molecule has 1 spiro atoms. The van der Waals surface area contributed by atoms with Gasteiger partial charge in [0.25, 0.3) is 0 Å². The second-order valence-corrected chi connectivity index (χ2v) is 7.36. The van der Waals surface area contributed by atoms with Crippen molar-refractivity contribution >= 4 is 11.8 Å². The van der Waals surface area contributed by atoms with Crippen LogP contribution >= 0.6 is 11.8 Å². The molecule has 2 aliphatic carbocycles. The van der Waals surface area contributed by atoms with Crippen LogP contribution in [0.4, 0.5) is 0 Å². The number of hydrogen-bond acceptors (Lipinski definition) is 2. The second kappa shape index (κ2) is 7.79. The largest absolute Gasteiger partial charge is 0.313 e. The van der Waals surface area contributed by atoms with Crippen molar-refractivity contribution in [1.82, 2.24) is 5.32 Å². The van der Waals surface area contributed by atoms with Gasteiger partial charge in [-0.15, -0.1) is 0 Å². The van der Waals surface area contributed by atoms with Crippen molar-refractivity contribution in [3.8, 4) is 0 Å². The minimum atomic E-state index is 0.747. The van der Waals surface area contributed by atoms with Crippen LogP contribution in [0.3, 0.4) is 0 Å². The van der Waals surface area contributed by atoms with Gasteiger partial charge in [-0.05, 0) is 62.5 Å². The Labute approximate surface area is 118 Å². The molecule has 0 bridgehead atoms. The fourth-order valence-corrected chi connectivity index (χ4v) is 4.36. The Kier molecular flexibility index (Phi) is 6.37. The van der Waals surface area contributed by atoms with Crippen LogP contribution in [0, 0.1) is 5.41 Å². The second-order valence-electron chi connectivity index (χ2n) is 6.38. The molecule has 106 valence electrons. The standard InChI is InChI=1S/C16H31NS/c1-18-14-8-3-2-7-13-17-15-9-12-16(15)10-5-4-6-11-16/h15,17H,2-14H2,1H3. The summed E-state index contributed by atoms with van der Waals surface area (Å²) in [5.74, 6) is 1.35. The average molecular weight is 269 g/mol. The fourth-order valence-electron chi connectivity index (χ4n) is 3.87. The summed E-state index contributed by atoms with van der Waals surface area (Å²) >= 11 is 1.98. The van der Waals surface area contributed by atoms with Gasteiger partial charge in [-0.25, -0.2) is 0 Å². The molecule has 0 aliphatic heterocycles. The van der Waals surface area contributed by atoms with E-state index in [2.05, 4.69) is 11.6 Å². The van der Waals surface area contributed by atoms with Crippen molar-refractivity contribution in [1.29, 1.82) is 0 Å². The normalized spacial score (nSPS) is 26.2. The molecule has 2 saturated carbocycles. The van der Waals surface area contributed by atoms with Gasteiger partial charge in [0.1, 0.15) is 0 Å². The number of nitrogens with one attached hydrogen (secondary N) is 1. The van der Waals surface area contributed by atoms with Gasteiger partial charge >= 0.3 is 0 Å². The van der Waals surface area contributed by atoms with Gasteiger partial charge in [0.15, 0.2) is 0 Å². The lowest BCUT2D eigenvalue weighted by Crippen LogP contribution is -2.54. The Bertz CT molecular complexity index is 223. The van der Waals surface area contributed by atoms with Crippen LogP contribution in [-0.2, 0) is 0 Å². The van der Waals surface area contributed by atoms with E-state index in [0.717, 1.165) is 11.5 Å². The Morgan fingerprint density at radius 2 is 1.78 bits per heavy atom. The summed E-state index contributed by atoms with van der Waals surface area (Å²) < 4.78 is 0. The number of rotatable bonds is 8. The summed E-state index contributed by atoms with van der Waals surface area (Å²) in [5, 5.41) is 3.87. The van der Waals surface area contributed by atoms with E-state index in [9.17, 15) is 0 Å². The van der Waals surface area contributed by atoms with Crippen molar-refractivity contribution < 1.29 is 0 Å². The number of thioether (sulfide) groups is 1. The molecule has 18 heavy (non-hydrogen) atoms. The molecule has 2 heteroatoms. The highest BCUT2D eigenvalue weighted by Crippen LogP contribution is 2.51. The zero-order valence-corrected chi connectivity index (χ0v) is 13.0. The van der Waals surface area contributed by atoms with Crippen LogP contribution < -0.4 is 5.32 Å². The van der Waals surface area contributed by atoms with Gasteiger partial charge in [-0.1, -0.05) is 32.1 Å². The molecule has 1 N–H and O–H groups in total. The lowest BCUT2D eigenvalue weighted by Gasteiger charge is -2.52. The molecule has 0 amide bonds. The summed E-state index contributed by atoms with van der Waals surface area (Å²) in [6.07, 6.45) is 18.3. The average Bonchev–Trinajstić information content (AvgIpc) is 2.41. The first-order valence-corrected chi connectivity index (χ1v) is 9.49. The van der Waals surface area contributed by atoms with Crippen LogP contribution in [0.2, 0.25) is 0 Å². The number of unbranched alkanes of at least 4 members (excludes halogenated alkanes) is 3. The minimum absolute atomic E-state index is 0.747. The zero-order chi connectivity index (χ0) is 12.7. The zero-order valence-electron chi connectivity index (χ0n) is 12.2. The Morgan fingerprint density at radius 3 is 2.44 bits per heavy atom. The van der Waals surface area contributed by atoms with Gasteiger partial charge < -0.3 is 5.32 Å². The van der Waals surface area contributed by atoms with Gasteiger partial charge in [0.05, 0.1) is 0 Å². The summed E-state index contributed by atoms with van der Waals surface area (Å²) in [6.45, 7) is 1.27. The van der Waals surface area contributed by atoms with E-state index in [1.165, 1.54) is 82.9 Å². The van der Waals surface area contributed by atoms with Crippen LogP contribution in [0.25, 0.3) is 0 Å². The van der Waals surface area contributed by atoms with E-state index in [1.807, 2.05) is 11.8 Å². The van der Waals surface area contributed by atoms with Crippen molar-refractivity contribution in [2.45, 2.75) is 76.7 Å². The maximum absolute atomic E-state index is 3.87. The van der Waals surface area contributed by atoms with Crippen molar-refractivity contribution in [2.24, 2.45) is 5.41 Å². The topological polar surface area (TPSA) is 12.0 Å². The summed E-state index contributed by atoms with van der Waals surface area (Å²) in [4.78, 5) is 0. The molecule has 0 aromatic rings. The SMILES string of the molecule is CSCCCCCCNC1CCC12CCCCC2. The summed E-state index contributed by atoms with van der Waals surface area (Å²) in [5.41, 5.74) is 0.747. The minimum Gasteiger partial charge on any atom is -0.313 e. The van der Waals surface area contributed by atoms with Gasteiger partial charge in [0.2, 0.25) is 0 Å². The fraction of sp³-hybridized carbons (Fsp3) is 1.00. The van der Waals surface area contributed by atoms with E-state index in [4.69, 9.17) is 0 Å². The van der Waals surface area contributed by atoms with E-state index < -0.39 is 0 Å². The van der Waals surface area contributed by atoms with Crippen molar-refractivity contribution in [3.05, 3.63) is 0 Å². The molecule has 0 aromatic carbocycles. The smallest absolute Gasteiger partial charge is 0.0124 e. The van der Waals surface area contributed by atoms with Crippen molar-refractivity contribution in [2.75, 3.05) is 18.6 Å². The highest BCUT2D eigenvalue weighted by molar-refractivity contribution is 7.98. The third-order valence-electron chi connectivity index (χ3n) is 5.19. The van der Waals surface area contributed by atoms with E-state index in [-0.39, 0.29) is 0 Å². The first-order valence-electron chi connectivity index (χ1n) is 8.10. The molecular formula is C16H31NS. The predicted octanol–water partition coefficient (Wildman–Crippen LogP) is 4.61. The molecule has 2 fully saturated rings. The highest BCUT2D eigenvalue weighted by Gasteiger charge is 2.46. The highest BCUT2D eigenvalue weighted by atomic mass is 32.2. The molecule has 0 radical (unpaired) electrons. The van der Waals surface area contributed by atoms with E-state index >= 15 is 0 Å². The predicted molar refractivity (Wildman–Crippen MR) is 83.4 cm³/mol. The van der Waals surface area contributed by atoms with Gasteiger partial charge in [0, 0.05) is 6.04 Å². The van der Waals surface area contributed by atoms with Gasteiger partial charge in [-0.3, -0.25) is 0 Å². The molecule has 2 aliphatic rings. The quantitative estimate of drug-likeness (QED) is 0.646. The molecule has 2 rings (SSSR count). The van der Waals surface area contributed by atoms with Crippen LogP contribution in [0.5, 0.6) is 0 Å². The maximum Gasteiger partial charge on any atom is 0.0124 e. The van der Waals surface area contributed by atoms with Crippen LogP contribution in [0.1, 0.15) is 70.6 Å². The molecule has 1 unspecified atom stereocenters. The van der Waals surface area contributed by atoms with Crippen LogP contribution in [0.15, 0.2) is 0 Å². The number of hydrogen-bond donors (Lipinski definition) is 1. The molecule has 0 heterocycles. The molecule has 0 saturated heterocycles. The Morgan fingerprint density at radius 1 is 1.00 bits per heavy atom. The van der Waals surface area contributed by atoms with E-state index in [1.54, 1.807) is 0 Å². The van der Waals surface area contributed by atoms with E-state index in [0.29, 0.717) is 0 Å². The molecule has 1 nitrogen and oxygen atoms in total.